The van der Waals surface area contributed by atoms with E-state index in [2.05, 4.69) is 21.3 Å². The molecule has 1 amide bonds. The molecule has 1 fully saturated rings. The second-order valence-corrected chi connectivity index (χ2v) is 7.79. The van der Waals surface area contributed by atoms with Crippen molar-refractivity contribution in [2.75, 3.05) is 13.1 Å². The summed E-state index contributed by atoms with van der Waals surface area (Å²) in [5, 5.41) is 17.0. The molecule has 0 spiro atoms. The van der Waals surface area contributed by atoms with Crippen LogP contribution in [0.3, 0.4) is 0 Å². The highest BCUT2D eigenvalue weighted by Crippen LogP contribution is 2.35. The summed E-state index contributed by atoms with van der Waals surface area (Å²) >= 11 is 3.22. The van der Waals surface area contributed by atoms with Gasteiger partial charge in [-0.25, -0.2) is 4.98 Å². The van der Waals surface area contributed by atoms with Crippen molar-refractivity contribution in [1.82, 2.24) is 15.2 Å². The summed E-state index contributed by atoms with van der Waals surface area (Å²) in [6, 6.07) is 4.11. The van der Waals surface area contributed by atoms with E-state index in [1.165, 1.54) is 4.88 Å². The van der Waals surface area contributed by atoms with Crippen molar-refractivity contribution in [3.8, 4) is 6.07 Å². The molecule has 3 heterocycles. The van der Waals surface area contributed by atoms with Crippen molar-refractivity contribution in [1.29, 1.82) is 5.26 Å². The van der Waals surface area contributed by atoms with Gasteiger partial charge in [-0.2, -0.15) is 5.26 Å². The van der Waals surface area contributed by atoms with Crippen LogP contribution in [0.2, 0.25) is 0 Å². The van der Waals surface area contributed by atoms with Crippen molar-refractivity contribution in [2.45, 2.75) is 32.4 Å². The Hall–Kier alpha value is -1.75. The first kappa shape index (κ1) is 16.1. The minimum Gasteiger partial charge on any atom is -0.343 e. The summed E-state index contributed by atoms with van der Waals surface area (Å²) in [5.41, 5.74) is 1.32. The number of hydrogen-bond acceptors (Lipinski definition) is 6. The first-order chi connectivity index (χ1) is 11.0. The zero-order chi connectivity index (χ0) is 16.4. The van der Waals surface area contributed by atoms with E-state index in [-0.39, 0.29) is 11.4 Å². The minimum atomic E-state index is -0.389. The van der Waals surface area contributed by atoms with Gasteiger partial charge in [0.25, 0.3) is 0 Å². The third kappa shape index (κ3) is 3.44. The molecule has 2 aromatic heterocycles. The maximum absolute atomic E-state index is 11.7. The summed E-state index contributed by atoms with van der Waals surface area (Å²) in [5.74, 6) is -0.0254. The molecule has 0 radical (unpaired) electrons. The maximum atomic E-state index is 11.7. The first-order valence-electron chi connectivity index (χ1n) is 7.42. The Labute approximate surface area is 143 Å². The van der Waals surface area contributed by atoms with Crippen molar-refractivity contribution in [3.05, 3.63) is 38.0 Å². The van der Waals surface area contributed by atoms with Gasteiger partial charge in [0.15, 0.2) is 0 Å². The lowest BCUT2D eigenvalue weighted by Gasteiger charge is -2.28. The number of nitrogens with zero attached hydrogens (tertiary/aromatic N) is 3. The number of aromatic nitrogens is 1. The molecule has 0 bridgehead atoms. The van der Waals surface area contributed by atoms with Gasteiger partial charge in [-0.1, -0.05) is 0 Å². The fourth-order valence-corrected chi connectivity index (χ4v) is 4.83. The van der Waals surface area contributed by atoms with Crippen molar-refractivity contribution in [3.63, 3.8) is 0 Å². The smallest absolute Gasteiger partial charge is 0.217 e. The van der Waals surface area contributed by atoms with Gasteiger partial charge in [0, 0.05) is 47.9 Å². The molecule has 3 rings (SSSR count). The van der Waals surface area contributed by atoms with Gasteiger partial charge >= 0.3 is 0 Å². The molecular formula is C16H18N4OS2. The van der Waals surface area contributed by atoms with E-state index in [9.17, 15) is 4.79 Å². The monoisotopic (exact) mass is 346 g/mol. The van der Waals surface area contributed by atoms with Crippen LogP contribution in [0.5, 0.6) is 0 Å². The van der Waals surface area contributed by atoms with E-state index >= 15 is 0 Å². The molecule has 1 aliphatic rings. The van der Waals surface area contributed by atoms with E-state index in [1.807, 2.05) is 23.8 Å². The normalized spacial score (nSPS) is 21.3. The second-order valence-electron chi connectivity index (χ2n) is 5.93. The van der Waals surface area contributed by atoms with E-state index in [0.29, 0.717) is 5.56 Å². The maximum Gasteiger partial charge on any atom is 0.217 e. The summed E-state index contributed by atoms with van der Waals surface area (Å²) in [4.78, 5) is 19.8. The molecule has 1 aliphatic heterocycles. The van der Waals surface area contributed by atoms with Gasteiger partial charge < -0.3 is 5.32 Å². The lowest BCUT2D eigenvalue weighted by atomic mass is 9.99. The summed E-state index contributed by atoms with van der Waals surface area (Å²) in [6.45, 7) is 5.99. The average molecular weight is 346 g/mol. The molecule has 0 aliphatic carbocycles. The van der Waals surface area contributed by atoms with Crippen LogP contribution in [-0.4, -0.2) is 28.9 Å². The highest BCUT2D eigenvalue weighted by molar-refractivity contribution is 7.10. The number of amides is 1. The van der Waals surface area contributed by atoms with Gasteiger partial charge in [0.05, 0.1) is 5.56 Å². The van der Waals surface area contributed by atoms with Crippen LogP contribution in [-0.2, 0) is 16.9 Å². The molecule has 1 N–H and O–H groups in total. The van der Waals surface area contributed by atoms with Gasteiger partial charge in [-0.05, 0) is 19.4 Å². The SMILES string of the molecule is CC(=O)NC1(c2nc(C)cs2)CCN(Cc2cc(C#N)cs2)C1. The molecule has 1 saturated heterocycles. The summed E-state index contributed by atoms with van der Waals surface area (Å²) in [6.07, 6.45) is 0.857. The highest BCUT2D eigenvalue weighted by Gasteiger charge is 2.42. The molecule has 0 aromatic carbocycles. The predicted molar refractivity (Wildman–Crippen MR) is 91.3 cm³/mol. The first-order valence-corrected chi connectivity index (χ1v) is 9.18. The zero-order valence-electron chi connectivity index (χ0n) is 13.1. The van der Waals surface area contributed by atoms with Crippen molar-refractivity contribution in [2.24, 2.45) is 0 Å². The Bertz CT molecular complexity index is 760. The predicted octanol–water partition coefficient (Wildman–Crippen LogP) is 2.62. The Morgan fingerprint density at radius 2 is 2.35 bits per heavy atom. The summed E-state index contributed by atoms with van der Waals surface area (Å²) in [7, 11) is 0. The number of rotatable bonds is 4. The van der Waals surface area contributed by atoms with Crippen LogP contribution in [0, 0.1) is 18.3 Å². The van der Waals surface area contributed by atoms with Gasteiger partial charge in [0.1, 0.15) is 16.6 Å². The molecule has 1 unspecified atom stereocenters. The molecule has 120 valence electrons. The van der Waals surface area contributed by atoms with Crippen molar-refractivity contribution >= 4 is 28.6 Å². The molecule has 2 aromatic rings. The Kier molecular flexibility index (Phi) is 4.48. The van der Waals surface area contributed by atoms with Crippen LogP contribution in [0.25, 0.3) is 0 Å². The van der Waals surface area contributed by atoms with Gasteiger partial charge in [-0.15, -0.1) is 22.7 Å². The molecule has 7 heteroatoms. The van der Waals surface area contributed by atoms with E-state index in [1.54, 1.807) is 29.6 Å². The number of thiophene rings is 1. The van der Waals surface area contributed by atoms with E-state index in [4.69, 9.17) is 5.26 Å². The van der Waals surface area contributed by atoms with Crippen LogP contribution in [0.15, 0.2) is 16.8 Å². The van der Waals surface area contributed by atoms with Crippen LogP contribution >= 0.6 is 22.7 Å². The number of thiazole rings is 1. The highest BCUT2D eigenvalue weighted by atomic mass is 32.1. The Balaban J connectivity index is 1.78. The number of likely N-dealkylation sites (tertiary alicyclic amines) is 1. The zero-order valence-corrected chi connectivity index (χ0v) is 14.8. The third-order valence-corrected chi connectivity index (χ3v) is 6.04. The lowest BCUT2D eigenvalue weighted by Crippen LogP contribution is -2.47. The fourth-order valence-electron chi connectivity index (χ4n) is 3.01. The largest absolute Gasteiger partial charge is 0.343 e. The topological polar surface area (TPSA) is 69.0 Å². The number of aryl methyl sites for hydroxylation is 1. The average Bonchev–Trinajstić information content (AvgIpc) is 3.20. The minimum absolute atomic E-state index is 0.0254. The molecule has 1 atom stereocenters. The van der Waals surface area contributed by atoms with Crippen LogP contribution in [0.1, 0.15) is 34.5 Å². The number of nitriles is 1. The number of hydrogen-bond donors (Lipinski definition) is 1. The van der Waals surface area contributed by atoms with E-state index in [0.717, 1.165) is 36.8 Å². The number of nitrogens with one attached hydrogen (secondary N) is 1. The van der Waals surface area contributed by atoms with Crippen LogP contribution in [0.4, 0.5) is 0 Å². The Morgan fingerprint density at radius 1 is 1.52 bits per heavy atom. The van der Waals surface area contributed by atoms with Crippen molar-refractivity contribution < 1.29 is 4.79 Å². The lowest BCUT2D eigenvalue weighted by molar-refractivity contribution is -0.120. The fraction of sp³-hybridized carbons (Fsp3) is 0.438. The summed E-state index contributed by atoms with van der Waals surface area (Å²) < 4.78 is 0. The molecule has 0 saturated carbocycles. The molecule has 23 heavy (non-hydrogen) atoms. The van der Waals surface area contributed by atoms with Gasteiger partial charge in [-0.3, -0.25) is 9.69 Å². The van der Waals surface area contributed by atoms with Crippen LogP contribution < -0.4 is 5.32 Å². The van der Waals surface area contributed by atoms with E-state index < -0.39 is 0 Å². The standard InChI is InChI=1S/C16H18N4OS2/c1-11-8-23-15(18-11)16(19-12(2)21)3-4-20(10-16)7-14-5-13(6-17)9-22-14/h5,8-9H,3-4,7,10H2,1-2H3,(H,19,21). The van der Waals surface area contributed by atoms with Gasteiger partial charge in [0.2, 0.25) is 5.91 Å². The Morgan fingerprint density at radius 3 is 2.96 bits per heavy atom. The quantitative estimate of drug-likeness (QED) is 0.924. The number of carbonyl (C=O) groups is 1. The molecule has 5 nitrogen and oxygen atoms in total. The second kappa shape index (κ2) is 6.40. The third-order valence-electron chi connectivity index (χ3n) is 3.95. The molecular weight excluding hydrogens is 328 g/mol. The number of carbonyl (C=O) groups excluding carboxylic acids is 1.